The first-order chi connectivity index (χ1) is 14.3. The fourth-order valence-electron chi connectivity index (χ4n) is 4.39. The Morgan fingerprint density at radius 2 is 1.57 bits per heavy atom. The van der Waals surface area contributed by atoms with Crippen molar-refractivity contribution in [3.63, 3.8) is 0 Å². The van der Waals surface area contributed by atoms with Crippen molar-refractivity contribution in [3.8, 4) is 0 Å². The van der Waals surface area contributed by atoms with Crippen molar-refractivity contribution in [2.45, 2.75) is 54.1 Å². The number of carboxylic acid groups (broad SMARTS) is 1. The van der Waals surface area contributed by atoms with Crippen LogP contribution in [0.15, 0.2) is 42.5 Å². The smallest absolute Gasteiger partial charge is 0.337 e. The number of hydrogen-bond donors (Lipinski definition) is 2. The third-order valence-corrected chi connectivity index (χ3v) is 6.02. The number of nitrogens with one attached hydrogen (secondary N) is 1. The highest BCUT2D eigenvalue weighted by Gasteiger charge is 2.23. The molecule has 2 aromatic carbocycles. The second-order valence-electron chi connectivity index (χ2n) is 8.21. The van der Waals surface area contributed by atoms with E-state index in [-0.39, 0.29) is 0 Å². The molecule has 0 atom stereocenters. The van der Waals surface area contributed by atoms with Crippen molar-refractivity contribution in [2.24, 2.45) is 0 Å². The zero-order valence-corrected chi connectivity index (χ0v) is 18.7. The van der Waals surface area contributed by atoms with Gasteiger partial charge in [-0.25, -0.2) is 4.79 Å². The first-order valence-corrected chi connectivity index (χ1v) is 10.5. The Morgan fingerprint density at radius 3 is 2.17 bits per heavy atom. The summed E-state index contributed by atoms with van der Waals surface area (Å²) in [5, 5.41) is 13.3. The predicted octanol–water partition coefficient (Wildman–Crippen LogP) is 5.11. The van der Waals surface area contributed by atoms with E-state index in [1.165, 1.54) is 27.8 Å². The summed E-state index contributed by atoms with van der Waals surface area (Å²) in [6, 6.07) is 14.7. The quantitative estimate of drug-likeness (QED) is 0.513. The molecule has 4 heteroatoms. The normalized spacial score (nSPS) is 11.1. The first kappa shape index (κ1) is 21.8. The average molecular weight is 405 g/mol. The van der Waals surface area contributed by atoms with Gasteiger partial charge in [-0.15, -0.1) is 0 Å². The fraction of sp³-hybridized carbons (Fsp3) is 0.346. The van der Waals surface area contributed by atoms with Crippen molar-refractivity contribution < 1.29 is 9.90 Å². The monoisotopic (exact) mass is 404 g/mol. The van der Waals surface area contributed by atoms with Crippen LogP contribution in [0.1, 0.15) is 55.1 Å². The van der Waals surface area contributed by atoms with Gasteiger partial charge in [-0.3, -0.25) is 0 Å². The molecule has 3 rings (SSSR count). The van der Waals surface area contributed by atoms with Gasteiger partial charge in [0.1, 0.15) is 0 Å². The van der Waals surface area contributed by atoms with Gasteiger partial charge in [0.2, 0.25) is 0 Å². The van der Waals surface area contributed by atoms with E-state index in [4.69, 9.17) is 0 Å². The SMILES string of the molecule is Cc1cc(C)c(Cn2c(C)c(CNCCc3ccccc3)c(C(=O)O)c2C)c(C)c1. The summed E-state index contributed by atoms with van der Waals surface area (Å²) >= 11 is 0. The van der Waals surface area contributed by atoms with E-state index in [0.29, 0.717) is 18.7 Å². The molecule has 4 nitrogen and oxygen atoms in total. The molecule has 0 fully saturated rings. The van der Waals surface area contributed by atoms with Gasteiger partial charge in [-0.1, -0.05) is 48.0 Å². The molecule has 3 aromatic rings. The lowest BCUT2D eigenvalue weighted by atomic mass is 9.99. The molecule has 30 heavy (non-hydrogen) atoms. The van der Waals surface area contributed by atoms with Gasteiger partial charge in [0.25, 0.3) is 0 Å². The molecule has 1 heterocycles. The molecule has 0 aliphatic rings. The topological polar surface area (TPSA) is 54.3 Å². The number of aryl methyl sites for hydroxylation is 3. The third-order valence-electron chi connectivity index (χ3n) is 6.02. The van der Waals surface area contributed by atoms with Crippen LogP contribution in [0, 0.1) is 34.6 Å². The number of hydrogen-bond acceptors (Lipinski definition) is 2. The summed E-state index contributed by atoms with van der Waals surface area (Å²) in [5.41, 5.74) is 9.46. The Kier molecular flexibility index (Phi) is 6.78. The van der Waals surface area contributed by atoms with Crippen molar-refractivity contribution in [1.29, 1.82) is 0 Å². The molecular formula is C26H32N2O2. The largest absolute Gasteiger partial charge is 0.478 e. The van der Waals surface area contributed by atoms with Crippen molar-refractivity contribution in [3.05, 3.63) is 92.8 Å². The van der Waals surface area contributed by atoms with Crippen LogP contribution in [0.4, 0.5) is 0 Å². The maximum absolute atomic E-state index is 12.1. The van der Waals surface area contributed by atoms with Crippen LogP contribution in [0.3, 0.4) is 0 Å². The second-order valence-corrected chi connectivity index (χ2v) is 8.21. The summed E-state index contributed by atoms with van der Waals surface area (Å²) in [6.45, 7) is 12.4. The number of aromatic carboxylic acids is 1. The zero-order chi connectivity index (χ0) is 21.8. The van der Waals surface area contributed by atoms with E-state index < -0.39 is 5.97 Å². The molecule has 0 radical (unpaired) electrons. The molecule has 0 bridgehead atoms. The van der Waals surface area contributed by atoms with Crippen LogP contribution >= 0.6 is 0 Å². The molecule has 158 valence electrons. The van der Waals surface area contributed by atoms with E-state index in [1.54, 1.807) is 0 Å². The molecule has 1 aromatic heterocycles. The van der Waals surface area contributed by atoms with Gasteiger partial charge in [0.05, 0.1) is 5.56 Å². The minimum Gasteiger partial charge on any atom is -0.478 e. The third kappa shape index (κ3) is 4.65. The van der Waals surface area contributed by atoms with Crippen LogP contribution in [0.5, 0.6) is 0 Å². The molecule has 2 N–H and O–H groups in total. The number of nitrogens with zero attached hydrogens (tertiary/aromatic N) is 1. The summed E-state index contributed by atoms with van der Waals surface area (Å²) < 4.78 is 2.16. The number of carbonyl (C=O) groups is 1. The molecular weight excluding hydrogens is 372 g/mol. The molecule has 0 aliphatic carbocycles. The second kappa shape index (κ2) is 9.31. The van der Waals surface area contributed by atoms with Gasteiger partial charge in [-0.2, -0.15) is 0 Å². The molecule has 0 amide bonds. The molecule has 0 saturated carbocycles. The Hall–Kier alpha value is -2.85. The number of aromatic nitrogens is 1. The van der Waals surface area contributed by atoms with Crippen LogP contribution in [0.25, 0.3) is 0 Å². The first-order valence-electron chi connectivity index (χ1n) is 10.5. The van der Waals surface area contributed by atoms with Gasteiger partial charge in [-0.05, 0) is 69.8 Å². The lowest BCUT2D eigenvalue weighted by molar-refractivity contribution is 0.0694. The lowest BCUT2D eigenvalue weighted by Crippen LogP contribution is -2.18. The molecule has 0 unspecified atom stereocenters. The van der Waals surface area contributed by atoms with Gasteiger partial charge < -0.3 is 15.0 Å². The average Bonchev–Trinajstić information content (AvgIpc) is 2.92. The molecule has 0 aliphatic heterocycles. The summed E-state index contributed by atoms with van der Waals surface area (Å²) in [6.07, 6.45) is 0.920. The van der Waals surface area contributed by atoms with E-state index in [9.17, 15) is 9.90 Å². The van der Waals surface area contributed by atoms with Gasteiger partial charge >= 0.3 is 5.97 Å². The number of carboxylic acids is 1. The van der Waals surface area contributed by atoms with Crippen molar-refractivity contribution >= 4 is 5.97 Å². The summed E-state index contributed by atoms with van der Waals surface area (Å²) in [4.78, 5) is 12.1. The lowest BCUT2D eigenvalue weighted by Gasteiger charge is -2.16. The van der Waals surface area contributed by atoms with Gasteiger partial charge in [0.15, 0.2) is 0 Å². The molecule has 0 spiro atoms. The Balaban J connectivity index is 1.83. The Bertz CT molecular complexity index is 1030. The summed E-state index contributed by atoms with van der Waals surface area (Å²) in [7, 11) is 0. The highest BCUT2D eigenvalue weighted by Crippen LogP contribution is 2.26. The minimum atomic E-state index is -0.855. The van der Waals surface area contributed by atoms with Crippen molar-refractivity contribution in [1.82, 2.24) is 9.88 Å². The highest BCUT2D eigenvalue weighted by molar-refractivity contribution is 5.91. The van der Waals surface area contributed by atoms with Crippen LogP contribution in [-0.4, -0.2) is 22.2 Å². The van der Waals surface area contributed by atoms with Gasteiger partial charge in [0, 0.05) is 30.0 Å². The molecule has 0 saturated heterocycles. The predicted molar refractivity (Wildman–Crippen MR) is 122 cm³/mol. The van der Waals surface area contributed by atoms with E-state index >= 15 is 0 Å². The highest BCUT2D eigenvalue weighted by atomic mass is 16.4. The van der Waals surface area contributed by atoms with Crippen molar-refractivity contribution in [2.75, 3.05) is 6.54 Å². The van der Waals surface area contributed by atoms with E-state index in [2.05, 4.69) is 54.9 Å². The number of benzene rings is 2. The van der Waals surface area contributed by atoms with Crippen LogP contribution < -0.4 is 5.32 Å². The Morgan fingerprint density at radius 1 is 0.933 bits per heavy atom. The minimum absolute atomic E-state index is 0.433. The van der Waals surface area contributed by atoms with E-state index in [1.807, 2.05) is 32.0 Å². The van der Waals surface area contributed by atoms with Crippen LogP contribution in [0.2, 0.25) is 0 Å². The number of rotatable bonds is 8. The summed E-state index contributed by atoms with van der Waals surface area (Å²) in [5.74, 6) is -0.855. The maximum Gasteiger partial charge on any atom is 0.337 e. The van der Waals surface area contributed by atoms with Crippen LogP contribution in [-0.2, 0) is 19.5 Å². The van der Waals surface area contributed by atoms with E-state index in [0.717, 1.165) is 29.9 Å². The maximum atomic E-state index is 12.1. The standard InChI is InChI=1S/C26H32N2O2/c1-17-13-18(2)24(19(3)14-17)16-28-20(4)23(25(21(28)5)26(29)30)15-27-12-11-22-9-7-6-8-10-22/h6-10,13-14,27H,11-12,15-16H2,1-5H3,(H,29,30). The fourth-order valence-corrected chi connectivity index (χ4v) is 4.39. The zero-order valence-electron chi connectivity index (χ0n) is 18.7. The Labute approximate surface area is 179 Å².